The predicted octanol–water partition coefficient (Wildman–Crippen LogP) is 3.45. The van der Waals surface area contributed by atoms with E-state index in [1.165, 1.54) is 24.3 Å². The molecule has 0 radical (unpaired) electrons. The molecule has 0 aliphatic carbocycles. The van der Waals surface area contributed by atoms with Crippen molar-refractivity contribution in [2.75, 3.05) is 11.1 Å². The first-order valence-electron chi connectivity index (χ1n) is 5.29. The molecule has 0 saturated heterocycles. The Bertz CT molecular complexity index is 647. The van der Waals surface area contributed by atoms with Gasteiger partial charge in [0.1, 0.15) is 11.6 Å². The van der Waals surface area contributed by atoms with Crippen molar-refractivity contribution in [3.63, 3.8) is 0 Å². The Labute approximate surface area is 113 Å². The van der Waals surface area contributed by atoms with Gasteiger partial charge in [0, 0.05) is 10.7 Å². The summed E-state index contributed by atoms with van der Waals surface area (Å²) in [7, 11) is 0. The first kappa shape index (κ1) is 13.3. The second-order valence-electron chi connectivity index (χ2n) is 3.81. The summed E-state index contributed by atoms with van der Waals surface area (Å²) in [5.74, 6) is -2.09. The molecule has 0 aliphatic heterocycles. The molecule has 19 heavy (non-hydrogen) atoms. The van der Waals surface area contributed by atoms with E-state index < -0.39 is 17.5 Å². The number of nitrogen functional groups attached to an aromatic ring is 1. The number of hydrogen-bond acceptors (Lipinski definition) is 2. The van der Waals surface area contributed by atoms with Gasteiger partial charge in [-0.3, -0.25) is 4.79 Å². The van der Waals surface area contributed by atoms with Crippen LogP contribution in [0.15, 0.2) is 36.4 Å². The van der Waals surface area contributed by atoms with Crippen LogP contribution in [0.3, 0.4) is 0 Å². The SMILES string of the molecule is Nc1ccc(NC(=O)c2cc(Cl)ccc2F)cc1F. The van der Waals surface area contributed by atoms with Crippen LogP contribution < -0.4 is 11.1 Å². The van der Waals surface area contributed by atoms with Gasteiger partial charge in [-0.1, -0.05) is 11.6 Å². The van der Waals surface area contributed by atoms with Crippen molar-refractivity contribution in [1.29, 1.82) is 0 Å². The van der Waals surface area contributed by atoms with E-state index in [-0.39, 0.29) is 22.0 Å². The summed E-state index contributed by atoms with van der Waals surface area (Å²) in [5.41, 5.74) is 5.23. The Balaban J connectivity index is 2.25. The first-order chi connectivity index (χ1) is 8.97. The Morgan fingerprint density at radius 1 is 1.11 bits per heavy atom. The number of carbonyl (C=O) groups is 1. The minimum absolute atomic E-state index is 0.0352. The van der Waals surface area contributed by atoms with Crippen LogP contribution in [0.25, 0.3) is 0 Å². The van der Waals surface area contributed by atoms with Crippen LogP contribution in [0.2, 0.25) is 5.02 Å². The van der Waals surface area contributed by atoms with Crippen molar-refractivity contribution < 1.29 is 13.6 Å². The van der Waals surface area contributed by atoms with Crippen LogP contribution in [-0.2, 0) is 0 Å². The Kier molecular flexibility index (Phi) is 3.66. The van der Waals surface area contributed by atoms with E-state index in [1.54, 1.807) is 0 Å². The Morgan fingerprint density at radius 3 is 2.53 bits per heavy atom. The lowest BCUT2D eigenvalue weighted by Crippen LogP contribution is -2.14. The van der Waals surface area contributed by atoms with Crippen molar-refractivity contribution in [2.45, 2.75) is 0 Å². The Morgan fingerprint density at radius 2 is 1.84 bits per heavy atom. The largest absolute Gasteiger partial charge is 0.396 e. The van der Waals surface area contributed by atoms with Gasteiger partial charge >= 0.3 is 0 Å². The molecule has 0 bridgehead atoms. The van der Waals surface area contributed by atoms with Crippen molar-refractivity contribution >= 4 is 28.9 Å². The quantitative estimate of drug-likeness (QED) is 0.829. The molecule has 0 heterocycles. The van der Waals surface area contributed by atoms with Gasteiger partial charge in [0.15, 0.2) is 0 Å². The van der Waals surface area contributed by atoms with Crippen molar-refractivity contribution in [1.82, 2.24) is 0 Å². The van der Waals surface area contributed by atoms with Crippen LogP contribution in [0, 0.1) is 11.6 Å². The third kappa shape index (κ3) is 3.00. The third-order valence-electron chi connectivity index (χ3n) is 2.43. The molecule has 2 rings (SSSR count). The molecule has 2 aromatic carbocycles. The van der Waals surface area contributed by atoms with Gasteiger partial charge in [-0.25, -0.2) is 8.78 Å². The topological polar surface area (TPSA) is 55.1 Å². The lowest BCUT2D eigenvalue weighted by molar-refractivity contribution is 0.102. The maximum Gasteiger partial charge on any atom is 0.258 e. The molecule has 98 valence electrons. The minimum Gasteiger partial charge on any atom is -0.396 e. The maximum atomic E-state index is 13.5. The fraction of sp³-hybridized carbons (Fsp3) is 0. The third-order valence-corrected chi connectivity index (χ3v) is 2.67. The molecule has 0 spiro atoms. The molecule has 0 aliphatic rings. The molecule has 2 aromatic rings. The van der Waals surface area contributed by atoms with Crippen LogP contribution in [0.5, 0.6) is 0 Å². The van der Waals surface area contributed by atoms with E-state index >= 15 is 0 Å². The highest BCUT2D eigenvalue weighted by Gasteiger charge is 2.13. The zero-order valence-corrected chi connectivity index (χ0v) is 10.3. The lowest BCUT2D eigenvalue weighted by atomic mass is 10.2. The molecule has 0 fully saturated rings. The number of amides is 1. The smallest absolute Gasteiger partial charge is 0.258 e. The normalized spacial score (nSPS) is 10.3. The summed E-state index contributed by atoms with van der Waals surface area (Å²) in [6.45, 7) is 0. The lowest BCUT2D eigenvalue weighted by Gasteiger charge is -2.07. The molecule has 3 N–H and O–H groups in total. The van der Waals surface area contributed by atoms with E-state index in [0.29, 0.717) is 0 Å². The number of benzene rings is 2. The van der Waals surface area contributed by atoms with Crippen LogP contribution in [-0.4, -0.2) is 5.91 Å². The van der Waals surface area contributed by atoms with E-state index in [0.717, 1.165) is 12.1 Å². The first-order valence-corrected chi connectivity index (χ1v) is 5.66. The van der Waals surface area contributed by atoms with Crippen LogP contribution in [0.4, 0.5) is 20.2 Å². The second-order valence-corrected chi connectivity index (χ2v) is 4.25. The number of hydrogen-bond donors (Lipinski definition) is 2. The van der Waals surface area contributed by atoms with E-state index in [1.807, 2.05) is 0 Å². The molecular weight excluding hydrogens is 274 g/mol. The summed E-state index contributed by atoms with van der Waals surface area (Å²) in [6.07, 6.45) is 0. The average molecular weight is 283 g/mol. The number of carbonyl (C=O) groups excluding carboxylic acids is 1. The molecule has 0 unspecified atom stereocenters. The molecule has 0 saturated carbocycles. The Hall–Kier alpha value is -2.14. The molecule has 3 nitrogen and oxygen atoms in total. The highest BCUT2D eigenvalue weighted by Crippen LogP contribution is 2.19. The van der Waals surface area contributed by atoms with Gasteiger partial charge in [0.25, 0.3) is 5.91 Å². The zero-order valence-electron chi connectivity index (χ0n) is 9.58. The highest BCUT2D eigenvalue weighted by atomic mass is 35.5. The van der Waals surface area contributed by atoms with Gasteiger partial charge < -0.3 is 11.1 Å². The number of anilines is 2. The molecular formula is C13H9ClF2N2O. The molecule has 1 amide bonds. The van der Waals surface area contributed by atoms with E-state index in [2.05, 4.69) is 5.32 Å². The molecule has 6 heteroatoms. The fourth-order valence-electron chi connectivity index (χ4n) is 1.47. The van der Waals surface area contributed by atoms with Gasteiger partial charge in [-0.15, -0.1) is 0 Å². The fourth-order valence-corrected chi connectivity index (χ4v) is 1.65. The highest BCUT2D eigenvalue weighted by molar-refractivity contribution is 6.31. The van der Waals surface area contributed by atoms with Gasteiger partial charge in [0.2, 0.25) is 0 Å². The van der Waals surface area contributed by atoms with Gasteiger partial charge in [-0.05, 0) is 36.4 Å². The average Bonchev–Trinajstić information content (AvgIpc) is 2.36. The maximum absolute atomic E-state index is 13.5. The van der Waals surface area contributed by atoms with Gasteiger partial charge in [-0.2, -0.15) is 0 Å². The zero-order chi connectivity index (χ0) is 14.0. The van der Waals surface area contributed by atoms with Crippen LogP contribution >= 0.6 is 11.6 Å². The second kappa shape index (κ2) is 5.24. The summed E-state index contributed by atoms with van der Waals surface area (Å²) < 4.78 is 26.7. The predicted molar refractivity (Wildman–Crippen MR) is 70.2 cm³/mol. The van der Waals surface area contributed by atoms with Crippen molar-refractivity contribution in [3.8, 4) is 0 Å². The van der Waals surface area contributed by atoms with Crippen LogP contribution in [0.1, 0.15) is 10.4 Å². The van der Waals surface area contributed by atoms with E-state index in [4.69, 9.17) is 17.3 Å². The number of rotatable bonds is 2. The number of halogens is 3. The van der Waals surface area contributed by atoms with Gasteiger partial charge in [0.05, 0.1) is 11.3 Å². The molecule has 0 aromatic heterocycles. The van der Waals surface area contributed by atoms with Crippen molar-refractivity contribution in [2.24, 2.45) is 0 Å². The summed E-state index contributed by atoms with van der Waals surface area (Å²) in [5, 5.41) is 2.59. The van der Waals surface area contributed by atoms with Crippen molar-refractivity contribution in [3.05, 3.63) is 58.6 Å². The summed E-state index contributed by atoms with van der Waals surface area (Å²) >= 11 is 5.69. The van der Waals surface area contributed by atoms with E-state index in [9.17, 15) is 13.6 Å². The summed E-state index contributed by atoms with van der Waals surface area (Å²) in [6, 6.07) is 7.38. The number of nitrogens with one attached hydrogen (secondary N) is 1. The monoisotopic (exact) mass is 282 g/mol. The standard InChI is InChI=1S/C13H9ClF2N2O/c14-7-1-3-10(15)9(5-7)13(19)18-8-2-4-12(17)11(16)6-8/h1-6H,17H2,(H,18,19). The number of nitrogens with two attached hydrogens (primary N) is 1. The summed E-state index contributed by atoms with van der Waals surface area (Å²) in [4.78, 5) is 11.8. The minimum atomic E-state index is -0.718. The molecule has 0 atom stereocenters.